The van der Waals surface area contributed by atoms with Gasteiger partial charge in [0.25, 0.3) is 0 Å². The molecule has 1 aromatic carbocycles. The van der Waals surface area contributed by atoms with Crippen molar-refractivity contribution < 1.29 is 19.4 Å². The van der Waals surface area contributed by atoms with Crippen molar-refractivity contribution in [1.29, 1.82) is 0 Å². The zero-order valence-electron chi connectivity index (χ0n) is 10.7. The highest BCUT2D eigenvalue weighted by Crippen LogP contribution is 2.22. The van der Waals surface area contributed by atoms with Gasteiger partial charge in [0.15, 0.2) is 0 Å². The molecular formula is C12H14ClIN2O4. The molecule has 0 heterocycles. The van der Waals surface area contributed by atoms with Crippen LogP contribution in [0.1, 0.15) is 6.42 Å². The molecule has 0 bridgehead atoms. The lowest BCUT2D eigenvalue weighted by Gasteiger charge is -2.15. The second kappa shape index (κ2) is 8.28. The van der Waals surface area contributed by atoms with E-state index in [0.717, 1.165) is 3.57 Å². The number of amides is 2. The van der Waals surface area contributed by atoms with E-state index in [1.54, 1.807) is 18.2 Å². The normalized spacial score (nSPS) is 11.8. The van der Waals surface area contributed by atoms with Crippen LogP contribution in [0.2, 0.25) is 5.02 Å². The number of aliphatic carboxylic acids is 1. The minimum Gasteiger partial charge on any atom is -0.480 e. The minimum absolute atomic E-state index is 0.191. The SMILES string of the molecule is COCCC(NC(=O)Nc1ccc(Cl)cc1I)C(=O)O. The first-order valence-electron chi connectivity index (χ1n) is 5.68. The van der Waals surface area contributed by atoms with E-state index in [4.69, 9.17) is 21.4 Å². The molecule has 0 aliphatic carbocycles. The zero-order valence-corrected chi connectivity index (χ0v) is 13.6. The average molecular weight is 413 g/mol. The van der Waals surface area contributed by atoms with Crippen molar-refractivity contribution in [3.8, 4) is 0 Å². The Kier molecular flexibility index (Phi) is 7.03. The highest BCUT2D eigenvalue weighted by atomic mass is 127. The molecule has 0 fully saturated rings. The van der Waals surface area contributed by atoms with Crippen molar-refractivity contribution in [2.24, 2.45) is 0 Å². The molecule has 0 radical (unpaired) electrons. The molecule has 1 unspecified atom stereocenters. The van der Waals surface area contributed by atoms with Gasteiger partial charge < -0.3 is 20.5 Å². The van der Waals surface area contributed by atoms with Crippen LogP contribution in [-0.2, 0) is 9.53 Å². The van der Waals surface area contributed by atoms with Gasteiger partial charge in [0.2, 0.25) is 0 Å². The summed E-state index contributed by atoms with van der Waals surface area (Å²) in [5.74, 6) is -1.11. The smallest absolute Gasteiger partial charge is 0.326 e. The molecular weight excluding hydrogens is 398 g/mol. The first-order valence-corrected chi connectivity index (χ1v) is 7.14. The molecule has 8 heteroatoms. The second-order valence-corrected chi connectivity index (χ2v) is 5.49. The van der Waals surface area contributed by atoms with Crippen LogP contribution >= 0.6 is 34.2 Å². The molecule has 1 rings (SSSR count). The van der Waals surface area contributed by atoms with E-state index < -0.39 is 18.0 Å². The van der Waals surface area contributed by atoms with Gasteiger partial charge in [0, 0.05) is 28.7 Å². The van der Waals surface area contributed by atoms with Gasteiger partial charge >= 0.3 is 12.0 Å². The van der Waals surface area contributed by atoms with E-state index >= 15 is 0 Å². The molecule has 110 valence electrons. The summed E-state index contributed by atoms with van der Waals surface area (Å²) in [6.07, 6.45) is 0.191. The number of rotatable bonds is 6. The highest BCUT2D eigenvalue weighted by molar-refractivity contribution is 14.1. The summed E-state index contributed by atoms with van der Waals surface area (Å²) in [4.78, 5) is 22.8. The van der Waals surface area contributed by atoms with Crippen molar-refractivity contribution in [1.82, 2.24) is 5.32 Å². The number of halogens is 2. The lowest BCUT2D eigenvalue weighted by Crippen LogP contribution is -2.43. The van der Waals surface area contributed by atoms with Gasteiger partial charge in [0.1, 0.15) is 6.04 Å². The molecule has 0 spiro atoms. The largest absolute Gasteiger partial charge is 0.480 e. The van der Waals surface area contributed by atoms with Crippen LogP contribution in [0, 0.1) is 3.57 Å². The Morgan fingerprint density at radius 2 is 2.20 bits per heavy atom. The maximum atomic E-state index is 11.8. The van der Waals surface area contributed by atoms with E-state index in [9.17, 15) is 9.59 Å². The van der Waals surface area contributed by atoms with Crippen LogP contribution in [-0.4, -0.2) is 36.9 Å². The Hall–Kier alpha value is -1.06. The van der Waals surface area contributed by atoms with Crippen LogP contribution in [0.4, 0.5) is 10.5 Å². The Labute approximate surface area is 135 Å². The fourth-order valence-electron chi connectivity index (χ4n) is 1.40. The molecule has 20 heavy (non-hydrogen) atoms. The number of anilines is 1. The van der Waals surface area contributed by atoms with E-state index in [-0.39, 0.29) is 13.0 Å². The molecule has 0 saturated heterocycles. The number of carboxylic acid groups (broad SMARTS) is 1. The number of hydrogen-bond donors (Lipinski definition) is 3. The van der Waals surface area contributed by atoms with Gasteiger partial charge in [-0.25, -0.2) is 9.59 Å². The summed E-state index contributed by atoms with van der Waals surface area (Å²) in [5.41, 5.74) is 0.559. The molecule has 1 aromatic rings. The lowest BCUT2D eigenvalue weighted by molar-refractivity contribution is -0.139. The van der Waals surface area contributed by atoms with Crippen LogP contribution in [0.15, 0.2) is 18.2 Å². The Morgan fingerprint density at radius 3 is 2.75 bits per heavy atom. The van der Waals surface area contributed by atoms with Crippen LogP contribution < -0.4 is 10.6 Å². The number of hydrogen-bond acceptors (Lipinski definition) is 3. The number of benzene rings is 1. The number of ether oxygens (including phenoxy) is 1. The first kappa shape index (κ1) is 17.0. The van der Waals surface area contributed by atoms with Crippen LogP contribution in [0.25, 0.3) is 0 Å². The summed E-state index contributed by atoms with van der Waals surface area (Å²) in [6.45, 7) is 0.246. The number of nitrogens with one attached hydrogen (secondary N) is 2. The summed E-state index contributed by atoms with van der Waals surface area (Å²) in [6, 6.07) is 3.39. The van der Waals surface area contributed by atoms with Gasteiger partial charge in [-0.05, 0) is 40.8 Å². The standard InChI is InChI=1S/C12H14ClIN2O4/c1-20-5-4-10(11(17)18)16-12(19)15-9-3-2-7(13)6-8(9)14/h2-3,6,10H,4-5H2,1H3,(H,17,18)(H2,15,16,19). The molecule has 2 amide bonds. The Morgan fingerprint density at radius 1 is 1.50 bits per heavy atom. The molecule has 1 atom stereocenters. The monoisotopic (exact) mass is 412 g/mol. The Bertz CT molecular complexity index is 498. The average Bonchev–Trinajstić information content (AvgIpc) is 2.37. The maximum Gasteiger partial charge on any atom is 0.326 e. The number of methoxy groups -OCH3 is 1. The molecule has 0 aromatic heterocycles. The molecule has 6 nitrogen and oxygen atoms in total. The predicted molar refractivity (Wildman–Crippen MR) is 84.2 cm³/mol. The van der Waals surface area contributed by atoms with Crippen LogP contribution in [0.5, 0.6) is 0 Å². The quantitative estimate of drug-likeness (QED) is 0.627. The van der Waals surface area contributed by atoms with E-state index in [2.05, 4.69) is 10.6 Å². The maximum absolute atomic E-state index is 11.8. The first-order chi connectivity index (χ1) is 9.43. The minimum atomic E-state index is -1.11. The highest BCUT2D eigenvalue weighted by Gasteiger charge is 2.19. The number of carboxylic acids is 1. The third-order valence-electron chi connectivity index (χ3n) is 2.39. The van der Waals surface area contributed by atoms with Gasteiger partial charge in [-0.2, -0.15) is 0 Å². The van der Waals surface area contributed by atoms with E-state index in [1.807, 2.05) is 22.6 Å². The molecule has 3 N–H and O–H groups in total. The predicted octanol–water partition coefficient (Wildman–Crippen LogP) is 2.56. The summed E-state index contributed by atoms with van der Waals surface area (Å²) < 4.78 is 5.56. The molecule has 0 aliphatic rings. The third-order valence-corrected chi connectivity index (χ3v) is 3.52. The number of urea groups is 1. The van der Waals surface area contributed by atoms with Crippen molar-refractivity contribution >= 4 is 51.9 Å². The molecule has 0 aliphatic heterocycles. The molecule has 0 saturated carbocycles. The van der Waals surface area contributed by atoms with Gasteiger partial charge in [-0.15, -0.1) is 0 Å². The number of carbonyl (C=O) groups excluding carboxylic acids is 1. The fraction of sp³-hybridized carbons (Fsp3) is 0.333. The third kappa shape index (κ3) is 5.51. The van der Waals surface area contributed by atoms with Crippen molar-refractivity contribution in [2.75, 3.05) is 19.0 Å². The topological polar surface area (TPSA) is 87.7 Å². The number of carbonyl (C=O) groups is 2. The van der Waals surface area contributed by atoms with Gasteiger partial charge in [-0.3, -0.25) is 0 Å². The summed E-state index contributed by atoms with van der Waals surface area (Å²) in [7, 11) is 1.47. The van der Waals surface area contributed by atoms with E-state index in [0.29, 0.717) is 10.7 Å². The lowest BCUT2D eigenvalue weighted by atomic mass is 10.2. The van der Waals surface area contributed by atoms with Crippen LogP contribution in [0.3, 0.4) is 0 Å². The van der Waals surface area contributed by atoms with Crippen molar-refractivity contribution in [3.63, 3.8) is 0 Å². The van der Waals surface area contributed by atoms with Gasteiger partial charge in [-0.1, -0.05) is 11.6 Å². The van der Waals surface area contributed by atoms with Gasteiger partial charge in [0.05, 0.1) is 5.69 Å². The summed E-state index contributed by atoms with van der Waals surface area (Å²) >= 11 is 7.84. The van der Waals surface area contributed by atoms with E-state index in [1.165, 1.54) is 7.11 Å². The van der Waals surface area contributed by atoms with Crippen molar-refractivity contribution in [3.05, 3.63) is 26.8 Å². The second-order valence-electron chi connectivity index (χ2n) is 3.89. The van der Waals surface area contributed by atoms with Crippen molar-refractivity contribution in [2.45, 2.75) is 12.5 Å². The zero-order chi connectivity index (χ0) is 15.1. The Balaban J connectivity index is 2.63. The summed E-state index contributed by atoms with van der Waals surface area (Å²) in [5, 5.41) is 14.5. The fourth-order valence-corrected chi connectivity index (χ4v) is 2.41.